The summed E-state index contributed by atoms with van der Waals surface area (Å²) in [4.78, 5) is 97.0. The quantitative estimate of drug-likeness (QED) is 0.0490. The number of methoxy groups -OCH3 is 1. The van der Waals surface area contributed by atoms with E-state index in [-0.39, 0.29) is 17.0 Å². The van der Waals surface area contributed by atoms with Gasteiger partial charge in [-0.05, 0) is 19.8 Å². The van der Waals surface area contributed by atoms with Gasteiger partial charge in [0.1, 0.15) is 12.0 Å². The zero-order valence-corrected chi connectivity index (χ0v) is 31.7. The van der Waals surface area contributed by atoms with Crippen LogP contribution >= 0.6 is 27.7 Å². The zero-order chi connectivity index (χ0) is 37.6. The lowest BCUT2D eigenvalue weighted by atomic mass is 9.96. The normalized spacial score (nSPS) is 14.4. The summed E-state index contributed by atoms with van der Waals surface area (Å²) < 4.78 is 30.7. The van der Waals surface area contributed by atoms with E-state index in [1.807, 2.05) is 0 Å². The van der Waals surface area contributed by atoms with Gasteiger partial charge in [-0.3, -0.25) is 38.4 Å². The van der Waals surface area contributed by atoms with E-state index >= 15 is 0 Å². The monoisotopic (exact) mass is 783 g/mol. The van der Waals surface area contributed by atoms with Crippen molar-refractivity contribution < 1.29 is 66.8 Å². The van der Waals surface area contributed by atoms with Gasteiger partial charge in [-0.15, -0.1) is 0 Å². The van der Waals surface area contributed by atoms with Gasteiger partial charge in [0.05, 0.1) is 7.11 Å². The number of hydrogen-bond acceptors (Lipinski definition) is 15. The lowest BCUT2D eigenvalue weighted by Crippen LogP contribution is -2.57. The van der Waals surface area contributed by atoms with E-state index in [1.165, 1.54) is 7.11 Å². The highest BCUT2D eigenvalue weighted by Crippen LogP contribution is 2.29. The minimum atomic E-state index is -1.82. The second-order valence-corrected chi connectivity index (χ2v) is 13.0. The third-order valence-corrected chi connectivity index (χ3v) is 9.20. The van der Waals surface area contributed by atoms with E-state index in [4.69, 9.17) is 28.4 Å². The minimum Gasteiger partial charge on any atom is -0.468 e. The third-order valence-electron chi connectivity index (χ3n) is 6.87. The van der Waals surface area contributed by atoms with Crippen LogP contribution in [-0.4, -0.2) is 103 Å². The number of hydrogen-bond donors (Lipinski definition) is 1. The Morgan fingerprint density at radius 2 is 1.16 bits per heavy atom. The first kappa shape index (κ1) is 45.8. The van der Waals surface area contributed by atoms with Crippen LogP contribution in [0.1, 0.15) is 92.9 Å². The van der Waals surface area contributed by atoms with Crippen LogP contribution in [0.15, 0.2) is 0 Å². The molecular weight excluding hydrogens is 734 g/mol. The molecule has 0 aliphatic heterocycles. The molecule has 0 fully saturated rings. The number of ether oxygens (including phenoxy) is 6. The maximum absolute atomic E-state index is 13.3. The number of nitrogens with one attached hydrogen (secondary N) is 1. The molecular formula is C32H50BrNO14S. The molecule has 280 valence electrons. The topological polar surface area (TPSA) is 204 Å². The SMILES string of the molecule is COC(=O)C(C)(CBr)C(=O)SCCCCCCCCCCNC(=O)[C@H](OC(C)=O)[C@@H](OC(C)=O)[C@H](OC(C)=O)[C@@H](COC(C)=O)OC(C)=O. The van der Waals surface area contributed by atoms with Crippen molar-refractivity contribution in [3.63, 3.8) is 0 Å². The van der Waals surface area contributed by atoms with Crippen LogP contribution in [0.25, 0.3) is 0 Å². The lowest BCUT2D eigenvalue weighted by Gasteiger charge is -2.34. The molecule has 0 aromatic rings. The summed E-state index contributed by atoms with van der Waals surface area (Å²) in [7, 11) is 1.26. The zero-order valence-electron chi connectivity index (χ0n) is 29.3. The number of carbonyl (C=O) groups is 8. The van der Waals surface area contributed by atoms with Crippen LogP contribution in [0.2, 0.25) is 0 Å². The number of carbonyl (C=O) groups excluding carboxylic acids is 8. The molecule has 0 spiro atoms. The highest BCUT2D eigenvalue weighted by atomic mass is 79.9. The number of halogens is 1. The van der Waals surface area contributed by atoms with Gasteiger partial charge in [-0.25, -0.2) is 0 Å². The van der Waals surface area contributed by atoms with Gasteiger partial charge in [-0.2, -0.15) is 0 Å². The van der Waals surface area contributed by atoms with Crippen LogP contribution in [0.5, 0.6) is 0 Å². The molecule has 0 bridgehead atoms. The van der Waals surface area contributed by atoms with E-state index in [1.54, 1.807) is 6.92 Å². The Bertz CT molecular complexity index is 1140. The summed E-state index contributed by atoms with van der Waals surface area (Å²) in [5.41, 5.74) is -1.21. The van der Waals surface area contributed by atoms with Crippen molar-refractivity contribution in [3.05, 3.63) is 0 Å². The van der Waals surface area contributed by atoms with Crippen molar-refractivity contribution in [2.24, 2.45) is 5.41 Å². The summed E-state index contributed by atoms with van der Waals surface area (Å²) >= 11 is 4.36. The van der Waals surface area contributed by atoms with E-state index in [2.05, 4.69) is 21.2 Å². The van der Waals surface area contributed by atoms with Gasteiger partial charge >= 0.3 is 35.8 Å². The number of unbranched alkanes of at least 4 members (excludes halogenated alkanes) is 7. The van der Waals surface area contributed by atoms with Gasteiger partial charge in [0.15, 0.2) is 18.3 Å². The lowest BCUT2D eigenvalue weighted by molar-refractivity contribution is -0.203. The van der Waals surface area contributed by atoms with E-state index in [0.717, 1.165) is 91.3 Å². The van der Waals surface area contributed by atoms with E-state index in [0.29, 0.717) is 12.2 Å². The van der Waals surface area contributed by atoms with Crippen molar-refractivity contribution in [2.45, 2.75) is 117 Å². The summed E-state index contributed by atoms with van der Waals surface area (Å²) in [5, 5.41) is 2.61. The standard InChI is InChI=1S/C32H50BrNO14S/c1-20(35)44-18-25(45-21(2)36)26(46-22(3)37)27(47-23(4)38)28(48-24(5)39)29(40)34-16-14-12-10-8-9-11-13-15-17-49-31(42)32(6,19-33)30(41)43-7/h25-28H,8-19H2,1-7H3,(H,34,40)/t25-,26-,27+,28-,32?/m1/s1. The Hall–Kier alpha value is -3.21. The molecule has 17 heteroatoms. The van der Waals surface area contributed by atoms with E-state index in [9.17, 15) is 38.4 Å². The second-order valence-electron chi connectivity index (χ2n) is 11.3. The average molecular weight is 785 g/mol. The van der Waals surface area contributed by atoms with Crippen LogP contribution in [0.3, 0.4) is 0 Å². The molecule has 15 nitrogen and oxygen atoms in total. The molecule has 0 saturated heterocycles. The fraction of sp³-hybridized carbons (Fsp3) is 0.750. The second kappa shape index (κ2) is 24.8. The Morgan fingerprint density at radius 1 is 0.673 bits per heavy atom. The fourth-order valence-electron chi connectivity index (χ4n) is 4.44. The smallest absolute Gasteiger partial charge is 0.320 e. The molecule has 49 heavy (non-hydrogen) atoms. The fourth-order valence-corrected chi connectivity index (χ4v) is 6.11. The molecule has 0 aromatic carbocycles. The molecule has 0 saturated carbocycles. The van der Waals surface area contributed by atoms with Crippen molar-refractivity contribution in [3.8, 4) is 0 Å². The maximum atomic E-state index is 13.3. The minimum absolute atomic E-state index is 0.187. The molecule has 1 unspecified atom stereocenters. The molecule has 0 aliphatic carbocycles. The molecule has 0 aliphatic rings. The molecule has 1 N–H and O–H groups in total. The number of esters is 6. The summed E-state index contributed by atoms with van der Waals surface area (Å²) in [6.07, 6.45) is 0.136. The number of thioether (sulfide) groups is 1. The van der Waals surface area contributed by atoms with Crippen LogP contribution in [-0.2, 0) is 66.8 Å². The van der Waals surface area contributed by atoms with Crippen molar-refractivity contribution >= 4 is 74.5 Å². The van der Waals surface area contributed by atoms with Crippen LogP contribution in [0, 0.1) is 5.41 Å². The van der Waals surface area contributed by atoms with E-state index < -0.39 is 78.2 Å². The van der Waals surface area contributed by atoms with Crippen molar-refractivity contribution in [1.82, 2.24) is 5.32 Å². The van der Waals surface area contributed by atoms with Gasteiger partial charge in [0, 0.05) is 52.2 Å². The Balaban J connectivity index is 5.09. The predicted octanol–water partition coefficient (Wildman–Crippen LogP) is 3.35. The molecule has 5 atom stereocenters. The molecule has 0 aromatic heterocycles. The Morgan fingerprint density at radius 3 is 1.63 bits per heavy atom. The first-order valence-electron chi connectivity index (χ1n) is 15.9. The number of amides is 1. The summed E-state index contributed by atoms with van der Waals surface area (Å²) in [6, 6.07) is 0. The molecule has 0 rings (SSSR count). The Labute approximate surface area is 300 Å². The summed E-state index contributed by atoms with van der Waals surface area (Å²) in [6.45, 7) is 6.33. The van der Waals surface area contributed by atoms with Gasteiger partial charge in [0.2, 0.25) is 11.2 Å². The van der Waals surface area contributed by atoms with Crippen LogP contribution in [0.4, 0.5) is 0 Å². The predicted molar refractivity (Wildman–Crippen MR) is 180 cm³/mol. The molecule has 0 heterocycles. The van der Waals surface area contributed by atoms with Crippen LogP contribution < -0.4 is 5.32 Å². The first-order chi connectivity index (χ1) is 23.0. The first-order valence-corrected chi connectivity index (χ1v) is 18.0. The highest BCUT2D eigenvalue weighted by Gasteiger charge is 2.47. The largest absolute Gasteiger partial charge is 0.468 e. The highest BCUT2D eigenvalue weighted by molar-refractivity contribution is 9.09. The average Bonchev–Trinajstić information content (AvgIpc) is 3.02. The maximum Gasteiger partial charge on any atom is 0.320 e. The third kappa shape index (κ3) is 18.9. The molecule has 1 amide bonds. The summed E-state index contributed by atoms with van der Waals surface area (Å²) in [5.74, 6) is -5.16. The van der Waals surface area contributed by atoms with Gasteiger partial charge in [0.25, 0.3) is 5.91 Å². The van der Waals surface area contributed by atoms with Crippen molar-refractivity contribution in [2.75, 3.05) is 31.3 Å². The Kier molecular flexibility index (Phi) is 23.2. The number of rotatable bonds is 24. The van der Waals surface area contributed by atoms with Gasteiger partial charge in [-0.1, -0.05) is 66.2 Å². The van der Waals surface area contributed by atoms with Crippen molar-refractivity contribution in [1.29, 1.82) is 0 Å². The number of alkyl halides is 1. The van der Waals surface area contributed by atoms with Gasteiger partial charge < -0.3 is 33.7 Å². The molecule has 0 radical (unpaired) electrons.